The third kappa shape index (κ3) is 3.40. The van der Waals surface area contributed by atoms with Gasteiger partial charge >= 0.3 is 0 Å². The third-order valence-corrected chi connectivity index (χ3v) is 5.97. The number of nitrogens with one attached hydrogen (secondary N) is 1. The Balaban J connectivity index is 1.32. The van der Waals surface area contributed by atoms with E-state index in [4.69, 9.17) is 4.52 Å². The summed E-state index contributed by atoms with van der Waals surface area (Å²) in [5.41, 5.74) is 2.67. The average molecular weight is 405 g/mol. The molecule has 7 nitrogen and oxygen atoms in total. The lowest BCUT2D eigenvalue weighted by Gasteiger charge is -2.16. The Morgan fingerprint density at radius 3 is 2.86 bits per heavy atom. The maximum Gasteiger partial charge on any atom is 0.279 e. The van der Waals surface area contributed by atoms with Crippen molar-refractivity contribution in [2.24, 2.45) is 0 Å². The lowest BCUT2D eigenvalue weighted by molar-refractivity contribution is -0.128. The van der Waals surface area contributed by atoms with Crippen LogP contribution in [0.25, 0.3) is 22.5 Å². The molecule has 1 aliphatic rings. The number of H-pyrrole nitrogens is 1. The summed E-state index contributed by atoms with van der Waals surface area (Å²) in [7, 11) is 0. The minimum absolute atomic E-state index is 0.0734. The molecular weight excluding hydrogens is 386 g/mol. The maximum absolute atomic E-state index is 12.5. The van der Waals surface area contributed by atoms with Gasteiger partial charge in [0.15, 0.2) is 11.5 Å². The minimum atomic E-state index is -0.0734. The summed E-state index contributed by atoms with van der Waals surface area (Å²) in [5, 5.41) is 12.3. The van der Waals surface area contributed by atoms with Crippen LogP contribution in [0.2, 0.25) is 0 Å². The van der Waals surface area contributed by atoms with Crippen molar-refractivity contribution in [3.8, 4) is 11.6 Å². The lowest BCUT2D eigenvalue weighted by Crippen LogP contribution is -2.24. The molecule has 2 aromatic heterocycles. The highest BCUT2D eigenvalue weighted by Crippen LogP contribution is 2.30. The van der Waals surface area contributed by atoms with E-state index >= 15 is 0 Å². The number of amides is 1. The number of carbonyl (C=O) groups excluding carboxylic acids is 1. The minimum Gasteiger partial charge on any atom is -0.338 e. The van der Waals surface area contributed by atoms with Crippen LogP contribution in [-0.2, 0) is 11.3 Å². The van der Waals surface area contributed by atoms with Crippen LogP contribution in [0.1, 0.15) is 23.7 Å². The predicted octanol–water partition coefficient (Wildman–Crippen LogP) is 3.85. The molecule has 1 fully saturated rings. The van der Waals surface area contributed by atoms with E-state index < -0.39 is 0 Å². The summed E-state index contributed by atoms with van der Waals surface area (Å²) >= 11 is 1.71. The number of benzene rings is 2. The van der Waals surface area contributed by atoms with Gasteiger partial charge in [-0.25, -0.2) is 0 Å². The van der Waals surface area contributed by atoms with Crippen LogP contribution < -0.4 is 0 Å². The number of likely N-dealkylation sites (tertiary alicyclic amines) is 1. The van der Waals surface area contributed by atoms with Crippen LogP contribution in [-0.4, -0.2) is 43.9 Å². The second kappa shape index (κ2) is 7.36. The Morgan fingerprint density at radius 2 is 2.03 bits per heavy atom. The van der Waals surface area contributed by atoms with Crippen LogP contribution in [0.4, 0.5) is 0 Å². The number of carbonyl (C=O) groups is 1. The van der Waals surface area contributed by atoms with Gasteiger partial charge in [0.1, 0.15) is 0 Å². The molecule has 1 atom stereocenters. The van der Waals surface area contributed by atoms with Crippen molar-refractivity contribution < 1.29 is 9.32 Å². The fourth-order valence-corrected chi connectivity index (χ4v) is 4.08. The van der Waals surface area contributed by atoms with E-state index in [2.05, 4.69) is 50.9 Å². The SMILES string of the molecule is CSc1ccc(CN2CC(c3noc(-c4n[nH]c5ccccc45)n3)CC2=O)cc1. The smallest absolute Gasteiger partial charge is 0.279 e. The summed E-state index contributed by atoms with van der Waals surface area (Å²) in [6.45, 7) is 1.18. The first-order valence-electron chi connectivity index (χ1n) is 9.39. The highest BCUT2D eigenvalue weighted by Gasteiger charge is 2.34. The number of hydrogen-bond acceptors (Lipinski definition) is 6. The van der Waals surface area contributed by atoms with Gasteiger partial charge in [0.25, 0.3) is 5.89 Å². The first-order chi connectivity index (χ1) is 14.2. The number of nitrogens with zero attached hydrogens (tertiary/aromatic N) is 4. The van der Waals surface area contributed by atoms with Crippen LogP contribution in [0.5, 0.6) is 0 Å². The summed E-state index contributed by atoms with van der Waals surface area (Å²) in [4.78, 5) is 20.1. The summed E-state index contributed by atoms with van der Waals surface area (Å²) in [6, 6.07) is 16.1. The van der Waals surface area contributed by atoms with Crippen LogP contribution in [0.15, 0.2) is 57.9 Å². The van der Waals surface area contributed by atoms with E-state index in [1.165, 1.54) is 4.90 Å². The molecule has 4 aromatic rings. The van der Waals surface area contributed by atoms with Gasteiger partial charge in [-0.15, -0.1) is 11.8 Å². The van der Waals surface area contributed by atoms with Crippen LogP contribution in [0.3, 0.4) is 0 Å². The first kappa shape index (κ1) is 17.9. The molecule has 0 bridgehead atoms. The van der Waals surface area contributed by atoms with Gasteiger partial charge in [-0.05, 0) is 30.0 Å². The number of para-hydroxylation sites is 1. The molecule has 1 amide bonds. The largest absolute Gasteiger partial charge is 0.338 e. The molecule has 0 saturated carbocycles. The van der Waals surface area contributed by atoms with Gasteiger partial charge in [0.2, 0.25) is 5.91 Å². The summed E-state index contributed by atoms with van der Waals surface area (Å²) < 4.78 is 5.47. The second-order valence-corrected chi connectivity index (χ2v) is 7.98. The molecule has 1 unspecified atom stereocenters. The number of aromatic nitrogens is 4. The molecule has 8 heteroatoms. The molecule has 5 rings (SSSR count). The molecule has 0 radical (unpaired) electrons. The number of fused-ring (bicyclic) bond motifs is 1. The Hall–Kier alpha value is -3.13. The first-order valence-corrected chi connectivity index (χ1v) is 10.6. The predicted molar refractivity (Wildman–Crippen MR) is 110 cm³/mol. The summed E-state index contributed by atoms with van der Waals surface area (Å²) in [5.74, 6) is 0.966. The fraction of sp³-hybridized carbons (Fsp3) is 0.238. The van der Waals surface area contributed by atoms with Gasteiger partial charge in [-0.1, -0.05) is 35.5 Å². The van der Waals surface area contributed by atoms with E-state index in [-0.39, 0.29) is 11.8 Å². The number of hydrogen-bond donors (Lipinski definition) is 1. The standard InChI is InChI=1S/C21H19N5O2S/c1-29-15-8-6-13(7-9-15)11-26-12-14(10-18(26)27)20-22-21(28-25-20)19-16-4-2-3-5-17(16)23-24-19/h2-9,14H,10-12H2,1H3,(H,23,24). The zero-order valence-corrected chi connectivity index (χ0v) is 16.6. The average Bonchev–Trinajstić information content (AvgIpc) is 3.47. The van der Waals surface area contributed by atoms with Crippen molar-refractivity contribution in [1.82, 2.24) is 25.2 Å². The third-order valence-electron chi connectivity index (χ3n) is 5.23. The molecule has 3 heterocycles. The van der Waals surface area contributed by atoms with Gasteiger partial charge in [0, 0.05) is 35.7 Å². The molecule has 1 N–H and O–H groups in total. The Bertz CT molecular complexity index is 1170. The molecule has 1 aliphatic heterocycles. The van der Waals surface area contributed by atoms with Crippen molar-refractivity contribution in [2.75, 3.05) is 12.8 Å². The monoisotopic (exact) mass is 405 g/mol. The molecule has 29 heavy (non-hydrogen) atoms. The van der Waals surface area contributed by atoms with E-state index in [0.717, 1.165) is 16.5 Å². The van der Waals surface area contributed by atoms with Crippen molar-refractivity contribution in [3.63, 3.8) is 0 Å². The van der Waals surface area contributed by atoms with Gasteiger partial charge in [0.05, 0.1) is 5.52 Å². The van der Waals surface area contributed by atoms with Crippen molar-refractivity contribution in [3.05, 3.63) is 59.9 Å². The Labute approximate surface area is 171 Å². The van der Waals surface area contributed by atoms with E-state index in [0.29, 0.717) is 36.9 Å². The normalized spacial score (nSPS) is 16.8. The van der Waals surface area contributed by atoms with Crippen LogP contribution in [0, 0.1) is 0 Å². The topological polar surface area (TPSA) is 87.9 Å². The second-order valence-electron chi connectivity index (χ2n) is 7.10. The number of rotatable bonds is 5. The molecule has 2 aromatic carbocycles. The zero-order chi connectivity index (χ0) is 19.8. The Morgan fingerprint density at radius 1 is 1.21 bits per heavy atom. The quantitative estimate of drug-likeness (QED) is 0.508. The molecule has 1 saturated heterocycles. The van der Waals surface area contributed by atoms with Gasteiger partial charge < -0.3 is 9.42 Å². The van der Waals surface area contributed by atoms with E-state index in [1.54, 1.807) is 11.8 Å². The van der Waals surface area contributed by atoms with Crippen LogP contribution >= 0.6 is 11.8 Å². The van der Waals surface area contributed by atoms with Crippen molar-refractivity contribution in [1.29, 1.82) is 0 Å². The van der Waals surface area contributed by atoms with Gasteiger partial charge in [-0.2, -0.15) is 10.1 Å². The number of aromatic amines is 1. The highest BCUT2D eigenvalue weighted by atomic mass is 32.2. The van der Waals surface area contributed by atoms with Crippen molar-refractivity contribution >= 4 is 28.6 Å². The highest BCUT2D eigenvalue weighted by molar-refractivity contribution is 7.98. The molecular formula is C21H19N5O2S. The number of thioether (sulfide) groups is 1. The fourth-order valence-electron chi connectivity index (χ4n) is 3.67. The van der Waals surface area contributed by atoms with Crippen molar-refractivity contribution in [2.45, 2.75) is 23.8 Å². The van der Waals surface area contributed by atoms with E-state index in [1.807, 2.05) is 29.2 Å². The zero-order valence-electron chi connectivity index (χ0n) is 15.8. The molecule has 0 aliphatic carbocycles. The molecule has 146 valence electrons. The summed E-state index contributed by atoms with van der Waals surface area (Å²) in [6.07, 6.45) is 2.44. The molecule has 0 spiro atoms. The van der Waals surface area contributed by atoms with Gasteiger partial charge in [-0.3, -0.25) is 9.89 Å². The lowest BCUT2D eigenvalue weighted by atomic mass is 10.1. The van der Waals surface area contributed by atoms with E-state index in [9.17, 15) is 4.79 Å². The maximum atomic E-state index is 12.5. The Kier molecular flexibility index (Phi) is 4.55.